The molecule has 0 aliphatic heterocycles. The first-order valence-corrected chi connectivity index (χ1v) is 7.44. The van der Waals surface area contributed by atoms with Gasteiger partial charge in [-0.15, -0.1) is 0 Å². The maximum atomic E-state index is 11.0. The highest BCUT2D eigenvalue weighted by molar-refractivity contribution is 7.29. The normalized spacial score (nSPS) is 11.1. The second-order valence-electron chi connectivity index (χ2n) is 4.24. The molecule has 1 amide bonds. The van der Waals surface area contributed by atoms with Crippen molar-refractivity contribution in [2.75, 3.05) is 0 Å². The topological polar surface area (TPSA) is 49.3 Å². The van der Waals surface area contributed by atoms with Gasteiger partial charge in [0.2, 0.25) is 5.91 Å². The highest BCUT2D eigenvalue weighted by Crippen LogP contribution is 2.10. The largest absolute Gasteiger partial charge is 0.357 e. The van der Waals surface area contributed by atoms with Crippen molar-refractivity contribution in [1.82, 2.24) is 5.09 Å². The van der Waals surface area contributed by atoms with Gasteiger partial charge >= 0.3 is 0 Å². The number of carbonyl (C=O) groups excluding carboxylic acids is 1. The van der Waals surface area contributed by atoms with Gasteiger partial charge in [0.05, 0.1) is 0 Å². The standard InChI is InChI=1S/C12H26NO2P/c1-2-3-4-5-6-7-8-9-10-11-12(14)13-16-15/h15-16H,2-11H2,1H3,(H,13,14). The van der Waals surface area contributed by atoms with E-state index in [1.54, 1.807) is 0 Å². The number of unbranched alkanes of at least 4 members (excludes halogenated alkanes) is 8. The van der Waals surface area contributed by atoms with E-state index in [4.69, 9.17) is 4.89 Å². The molecule has 2 N–H and O–H groups in total. The minimum atomic E-state index is -0.450. The Morgan fingerprint density at radius 2 is 1.50 bits per heavy atom. The van der Waals surface area contributed by atoms with E-state index in [1.165, 1.54) is 44.9 Å². The first-order chi connectivity index (χ1) is 7.81. The molecule has 0 aromatic rings. The highest BCUT2D eigenvalue weighted by Gasteiger charge is 1.98. The van der Waals surface area contributed by atoms with Crippen LogP contribution in [0.3, 0.4) is 0 Å². The van der Waals surface area contributed by atoms with Gasteiger partial charge in [-0.05, 0) is 6.42 Å². The molecule has 3 nitrogen and oxygen atoms in total. The molecule has 0 spiro atoms. The molecule has 1 atom stereocenters. The monoisotopic (exact) mass is 247 g/mol. The highest BCUT2D eigenvalue weighted by atomic mass is 31.1. The van der Waals surface area contributed by atoms with Crippen LogP contribution in [0, 0.1) is 0 Å². The van der Waals surface area contributed by atoms with Crippen LogP contribution in [-0.2, 0) is 4.79 Å². The first kappa shape index (κ1) is 15.9. The van der Waals surface area contributed by atoms with Gasteiger partial charge in [0, 0.05) is 6.42 Å². The zero-order valence-electron chi connectivity index (χ0n) is 10.4. The molecule has 0 aromatic heterocycles. The number of hydrogen-bond donors (Lipinski definition) is 2. The van der Waals surface area contributed by atoms with Crippen LogP contribution in [0.5, 0.6) is 0 Å². The van der Waals surface area contributed by atoms with Gasteiger partial charge in [0.1, 0.15) is 8.96 Å². The third kappa shape index (κ3) is 11.9. The molecule has 0 fully saturated rings. The van der Waals surface area contributed by atoms with Gasteiger partial charge in [-0.2, -0.15) is 0 Å². The molecular weight excluding hydrogens is 221 g/mol. The molecule has 0 radical (unpaired) electrons. The lowest BCUT2D eigenvalue weighted by Gasteiger charge is -2.02. The fourth-order valence-corrected chi connectivity index (χ4v) is 1.97. The summed E-state index contributed by atoms with van der Waals surface area (Å²) in [6, 6.07) is 0. The minimum Gasteiger partial charge on any atom is -0.357 e. The van der Waals surface area contributed by atoms with Crippen LogP contribution in [0.2, 0.25) is 0 Å². The minimum absolute atomic E-state index is 0.0243. The van der Waals surface area contributed by atoms with Crippen LogP contribution in [0.15, 0.2) is 0 Å². The second-order valence-corrected chi connectivity index (χ2v) is 4.71. The molecule has 0 aromatic carbocycles. The summed E-state index contributed by atoms with van der Waals surface area (Å²) in [5.74, 6) is -0.0243. The van der Waals surface area contributed by atoms with Crippen LogP contribution in [0.1, 0.15) is 71.1 Å². The number of nitrogens with one attached hydrogen (secondary N) is 1. The Balaban J connectivity index is 3.01. The van der Waals surface area contributed by atoms with Gasteiger partial charge in [0.15, 0.2) is 0 Å². The smallest absolute Gasteiger partial charge is 0.224 e. The van der Waals surface area contributed by atoms with E-state index in [-0.39, 0.29) is 5.91 Å². The first-order valence-electron chi connectivity index (χ1n) is 6.49. The van der Waals surface area contributed by atoms with Crippen molar-refractivity contribution in [3.05, 3.63) is 0 Å². The van der Waals surface area contributed by atoms with Crippen molar-refractivity contribution >= 4 is 14.9 Å². The van der Waals surface area contributed by atoms with Crippen LogP contribution < -0.4 is 5.09 Å². The van der Waals surface area contributed by atoms with E-state index < -0.39 is 8.96 Å². The Morgan fingerprint density at radius 3 is 2.00 bits per heavy atom. The molecule has 0 saturated carbocycles. The van der Waals surface area contributed by atoms with Gasteiger partial charge < -0.3 is 9.98 Å². The van der Waals surface area contributed by atoms with Crippen LogP contribution in [0.4, 0.5) is 0 Å². The Morgan fingerprint density at radius 1 is 1.00 bits per heavy atom. The number of amides is 1. The van der Waals surface area contributed by atoms with Gasteiger partial charge in [0.25, 0.3) is 0 Å². The van der Waals surface area contributed by atoms with E-state index in [0.29, 0.717) is 6.42 Å². The summed E-state index contributed by atoms with van der Waals surface area (Å²) < 4.78 is 0. The number of carbonyl (C=O) groups is 1. The van der Waals surface area contributed by atoms with E-state index in [9.17, 15) is 4.79 Å². The fraction of sp³-hybridized carbons (Fsp3) is 0.917. The summed E-state index contributed by atoms with van der Waals surface area (Å²) in [4.78, 5) is 19.5. The molecule has 0 heterocycles. The van der Waals surface area contributed by atoms with Crippen LogP contribution in [-0.4, -0.2) is 10.8 Å². The number of hydrogen-bond acceptors (Lipinski definition) is 2. The van der Waals surface area contributed by atoms with Crippen molar-refractivity contribution < 1.29 is 9.69 Å². The molecule has 0 saturated heterocycles. The maximum absolute atomic E-state index is 11.0. The molecule has 16 heavy (non-hydrogen) atoms. The molecule has 4 heteroatoms. The average molecular weight is 247 g/mol. The summed E-state index contributed by atoms with van der Waals surface area (Å²) in [7, 11) is -0.450. The van der Waals surface area contributed by atoms with E-state index in [2.05, 4.69) is 12.0 Å². The van der Waals surface area contributed by atoms with Crippen molar-refractivity contribution in [2.45, 2.75) is 71.1 Å². The van der Waals surface area contributed by atoms with Crippen molar-refractivity contribution in [1.29, 1.82) is 0 Å². The molecule has 0 aliphatic carbocycles. The number of rotatable bonds is 11. The van der Waals surface area contributed by atoms with Gasteiger partial charge in [-0.3, -0.25) is 4.79 Å². The van der Waals surface area contributed by atoms with Gasteiger partial charge in [-0.25, -0.2) is 0 Å². The molecular formula is C12H26NO2P. The summed E-state index contributed by atoms with van der Waals surface area (Å²) >= 11 is 0. The zero-order chi connectivity index (χ0) is 12.1. The average Bonchev–Trinajstić information content (AvgIpc) is 2.27. The van der Waals surface area contributed by atoms with Crippen LogP contribution >= 0.6 is 8.96 Å². The second kappa shape index (κ2) is 12.9. The lowest BCUT2D eigenvalue weighted by atomic mass is 10.1. The molecule has 0 bridgehead atoms. The lowest BCUT2D eigenvalue weighted by molar-refractivity contribution is -0.119. The molecule has 96 valence electrons. The third-order valence-corrected chi connectivity index (χ3v) is 3.09. The predicted octanol–water partition coefficient (Wildman–Crippen LogP) is 3.52. The van der Waals surface area contributed by atoms with Crippen molar-refractivity contribution in [3.8, 4) is 0 Å². The molecule has 1 unspecified atom stereocenters. The Kier molecular flexibility index (Phi) is 12.8. The summed E-state index contributed by atoms with van der Waals surface area (Å²) in [5.41, 5.74) is 0. The lowest BCUT2D eigenvalue weighted by Crippen LogP contribution is -2.12. The zero-order valence-corrected chi connectivity index (χ0v) is 11.4. The predicted molar refractivity (Wildman–Crippen MR) is 70.5 cm³/mol. The van der Waals surface area contributed by atoms with Crippen LogP contribution in [0.25, 0.3) is 0 Å². The Hall–Kier alpha value is -0.140. The van der Waals surface area contributed by atoms with E-state index in [1.807, 2.05) is 0 Å². The Labute approximate surface area is 101 Å². The van der Waals surface area contributed by atoms with E-state index >= 15 is 0 Å². The SMILES string of the molecule is CCCCCCCCCCCC(=O)NPO. The van der Waals surface area contributed by atoms with Gasteiger partial charge in [-0.1, -0.05) is 58.3 Å². The summed E-state index contributed by atoms with van der Waals surface area (Å²) in [6.07, 6.45) is 11.9. The Bertz CT molecular complexity index is 165. The summed E-state index contributed by atoms with van der Waals surface area (Å²) in [6.45, 7) is 2.23. The van der Waals surface area contributed by atoms with E-state index in [0.717, 1.165) is 12.8 Å². The summed E-state index contributed by atoms with van der Waals surface area (Å²) in [5, 5.41) is 2.42. The molecule has 0 aliphatic rings. The fourth-order valence-electron chi connectivity index (χ4n) is 1.72. The van der Waals surface area contributed by atoms with Crippen molar-refractivity contribution in [3.63, 3.8) is 0 Å². The van der Waals surface area contributed by atoms with Crippen molar-refractivity contribution in [2.24, 2.45) is 0 Å². The quantitative estimate of drug-likeness (QED) is 0.433. The maximum Gasteiger partial charge on any atom is 0.224 e. The molecule has 0 rings (SSSR count). The third-order valence-electron chi connectivity index (χ3n) is 2.70.